The largest absolute Gasteiger partial charge is 0.368 e. The van der Waals surface area contributed by atoms with E-state index in [1.807, 2.05) is 32.5 Å². The molecule has 0 spiro atoms. The summed E-state index contributed by atoms with van der Waals surface area (Å²) in [6.45, 7) is 2.04. The summed E-state index contributed by atoms with van der Waals surface area (Å²) in [5.74, 6) is 1.20. The van der Waals surface area contributed by atoms with Crippen molar-refractivity contribution in [3.05, 3.63) is 16.3 Å². The van der Waals surface area contributed by atoms with E-state index in [1.165, 1.54) is 4.88 Å². The molecular weight excluding hydrogens is 236 g/mol. The molecule has 7 heteroatoms. The third kappa shape index (κ3) is 2.82. The molecule has 0 fully saturated rings. The van der Waals surface area contributed by atoms with Crippen LogP contribution in [0.4, 0.5) is 23.5 Å². The van der Waals surface area contributed by atoms with E-state index in [9.17, 15) is 0 Å². The smallest absolute Gasteiger partial charge is 0.233 e. The van der Waals surface area contributed by atoms with Gasteiger partial charge in [-0.2, -0.15) is 15.0 Å². The molecule has 0 aliphatic rings. The van der Waals surface area contributed by atoms with Gasteiger partial charge in [0, 0.05) is 24.4 Å². The average molecular weight is 250 g/mol. The average Bonchev–Trinajstić information content (AvgIpc) is 2.63. The number of aromatic nitrogens is 3. The summed E-state index contributed by atoms with van der Waals surface area (Å²) in [6, 6.07) is 2.03. The molecule has 0 aromatic carbocycles. The number of hydrogen-bond donors (Lipinski definition) is 2. The number of nitrogens with zero attached hydrogens (tertiary/aromatic N) is 4. The zero-order valence-electron chi connectivity index (χ0n) is 9.93. The fourth-order valence-corrected chi connectivity index (χ4v) is 1.91. The Bertz CT molecular complexity index is 521. The number of rotatable bonds is 3. The molecule has 0 saturated carbocycles. The van der Waals surface area contributed by atoms with Gasteiger partial charge in [0.05, 0.1) is 5.69 Å². The molecule has 0 radical (unpaired) electrons. The van der Waals surface area contributed by atoms with E-state index in [-0.39, 0.29) is 5.95 Å². The van der Waals surface area contributed by atoms with E-state index in [4.69, 9.17) is 5.73 Å². The lowest BCUT2D eigenvalue weighted by atomic mass is 10.4. The van der Waals surface area contributed by atoms with Crippen LogP contribution >= 0.6 is 11.3 Å². The van der Waals surface area contributed by atoms with Crippen molar-refractivity contribution in [3.8, 4) is 0 Å². The van der Waals surface area contributed by atoms with Gasteiger partial charge in [-0.15, -0.1) is 11.3 Å². The van der Waals surface area contributed by atoms with Crippen molar-refractivity contribution in [3.63, 3.8) is 0 Å². The molecule has 3 N–H and O–H groups in total. The van der Waals surface area contributed by atoms with Crippen LogP contribution in [0.1, 0.15) is 4.88 Å². The van der Waals surface area contributed by atoms with Crippen molar-refractivity contribution in [1.29, 1.82) is 0 Å². The minimum Gasteiger partial charge on any atom is -0.368 e. The Hall–Kier alpha value is -1.89. The maximum absolute atomic E-state index is 5.63. The fourth-order valence-electron chi connectivity index (χ4n) is 1.27. The summed E-state index contributed by atoms with van der Waals surface area (Å²) < 4.78 is 0. The van der Waals surface area contributed by atoms with Gasteiger partial charge in [-0.05, 0) is 13.0 Å². The van der Waals surface area contributed by atoms with Crippen LogP contribution in [-0.4, -0.2) is 29.0 Å². The van der Waals surface area contributed by atoms with Gasteiger partial charge in [0.15, 0.2) is 0 Å². The molecule has 0 aliphatic carbocycles. The van der Waals surface area contributed by atoms with Crippen molar-refractivity contribution >= 4 is 34.9 Å². The van der Waals surface area contributed by atoms with E-state index in [1.54, 1.807) is 16.2 Å². The highest BCUT2D eigenvalue weighted by Crippen LogP contribution is 2.21. The number of nitrogen functional groups attached to an aromatic ring is 1. The lowest BCUT2D eigenvalue weighted by molar-refractivity contribution is 0.970. The number of nitrogens with one attached hydrogen (secondary N) is 1. The van der Waals surface area contributed by atoms with Gasteiger partial charge in [0.2, 0.25) is 17.8 Å². The second kappa shape index (κ2) is 4.54. The van der Waals surface area contributed by atoms with Gasteiger partial charge in [-0.1, -0.05) is 0 Å². The summed E-state index contributed by atoms with van der Waals surface area (Å²) in [5.41, 5.74) is 6.59. The Morgan fingerprint density at radius 1 is 1.29 bits per heavy atom. The molecule has 0 unspecified atom stereocenters. The zero-order chi connectivity index (χ0) is 12.4. The van der Waals surface area contributed by atoms with Crippen LogP contribution in [0.2, 0.25) is 0 Å². The van der Waals surface area contributed by atoms with Gasteiger partial charge < -0.3 is 16.0 Å². The standard InChI is InChI=1S/C10H14N6S/c1-6-4-7(5-17-6)12-9-13-8(11)14-10(15-9)16(2)3/h4-5H,1-3H3,(H3,11,12,13,14,15). The Labute approximate surface area is 104 Å². The molecule has 2 rings (SSSR count). The minimum absolute atomic E-state index is 0.207. The first-order valence-corrected chi connectivity index (χ1v) is 5.93. The van der Waals surface area contributed by atoms with Gasteiger partial charge in [0.1, 0.15) is 0 Å². The monoisotopic (exact) mass is 250 g/mol. The van der Waals surface area contributed by atoms with E-state index >= 15 is 0 Å². The predicted molar refractivity (Wildman–Crippen MR) is 70.9 cm³/mol. The number of nitrogens with two attached hydrogens (primary N) is 1. The second-order valence-electron chi connectivity index (χ2n) is 3.78. The molecule has 17 heavy (non-hydrogen) atoms. The number of aryl methyl sites for hydroxylation is 1. The normalized spacial score (nSPS) is 10.3. The fraction of sp³-hybridized carbons (Fsp3) is 0.300. The van der Waals surface area contributed by atoms with Gasteiger partial charge in [0.25, 0.3) is 0 Å². The highest BCUT2D eigenvalue weighted by Gasteiger charge is 2.06. The molecule has 0 bridgehead atoms. The quantitative estimate of drug-likeness (QED) is 0.862. The molecule has 0 saturated heterocycles. The third-order valence-electron chi connectivity index (χ3n) is 2.03. The summed E-state index contributed by atoms with van der Waals surface area (Å²) >= 11 is 1.66. The van der Waals surface area contributed by atoms with Crippen molar-refractivity contribution in [2.45, 2.75) is 6.92 Å². The maximum atomic E-state index is 5.63. The lowest BCUT2D eigenvalue weighted by Gasteiger charge is -2.11. The number of hydrogen-bond acceptors (Lipinski definition) is 7. The summed E-state index contributed by atoms with van der Waals surface area (Å²) in [5, 5.41) is 5.11. The first kappa shape index (κ1) is 11.6. The SMILES string of the molecule is Cc1cc(Nc2nc(N)nc(N(C)C)n2)cs1. The highest BCUT2D eigenvalue weighted by molar-refractivity contribution is 7.10. The van der Waals surface area contributed by atoms with Gasteiger partial charge in [-0.3, -0.25) is 0 Å². The number of thiophene rings is 1. The topological polar surface area (TPSA) is 80.0 Å². The summed E-state index contributed by atoms with van der Waals surface area (Å²) in [7, 11) is 3.71. The lowest BCUT2D eigenvalue weighted by Crippen LogP contribution is -2.15. The van der Waals surface area contributed by atoms with E-state index in [0.717, 1.165) is 5.69 Å². The molecule has 2 aromatic heterocycles. The van der Waals surface area contributed by atoms with Crippen molar-refractivity contribution in [2.75, 3.05) is 30.0 Å². The summed E-state index contributed by atoms with van der Waals surface area (Å²) in [4.78, 5) is 15.3. The first-order chi connectivity index (χ1) is 8.04. The van der Waals surface area contributed by atoms with Crippen molar-refractivity contribution in [1.82, 2.24) is 15.0 Å². The van der Waals surface area contributed by atoms with Crippen LogP contribution in [0.5, 0.6) is 0 Å². The maximum Gasteiger partial charge on any atom is 0.233 e. The highest BCUT2D eigenvalue weighted by atomic mass is 32.1. The molecule has 90 valence electrons. The van der Waals surface area contributed by atoms with E-state index in [0.29, 0.717) is 11.9 Å². The van der Waals surface area contributed by atoms with Crippen LogP contribution in [0, 0.1) is 6.92 Å². The number of anilines is 4. The molecular formula is C10H14N6S. The van der Waals surface area contributed by atoms with Gasteiger partial charge in [-0.25, -0.2) is 0 Å². The minimum atomic E-state index is 0.207. The van der Waals surface area contributed by atoms with Crippen molar-refractivity contribution in [2.24, 2.45) is 0 Å². The van der Waals surface area contributed by atoms with Crippen LogP contribution in [-0.2, 0) is 0 Å². The molecule has 6 nitrogen and oxygen atoms in total. The van der Waals surface area contributed by atoms with Crippen LogP contribution in [0.15, 0.2) is 11.4 Å². The molecule has 2 heterocycles. The Balaban J connectivity index is 2.26. The Kier molecular flexibility index (Phi) is 3.10. The zero-order valence-corrected chi connectivity index (χ0v) is 10.7. The Morgan fingerprint density at radius 3 is 2.65 bits per heavy atom. The van der Waals surface area contributed by atoms with Gasteiger partial charge >= 0.3 is 0 Å². The van der Waals surface area contributed by atoms with Crippen molar-refractivity contribution < 1.29 is 0 Å². The van der Waals surface area contributed by atoms with E-state index in [2.05, 4.69) is 20.3 Å². The first-order valence-electron chi connectivity index (χ1n) is 5.05. The van der Waals surface area contributed by atoms with Crippen LogP contribution in [0.25, 0.3) is 0 Å². The predicted octanol–water partition coefficient (Wildman–Crippen LogP) is 1.63. The second-order valence-corrected chi connectivity index (χ2v) is 4.90. The molecule has 2 aromatic rings. The molecule has 0 atom stereocenters. The molecule has 0 amide bonds. The Morgan fingerprint density at radius 2 is 2.06 bits per heavy atom. The van der Waals surface area contributed by atoms with Crippen LogP contribution < -0.4 is 16.0 Å². The molecule has 0 aliphatic heterocycles. The third-order valence-corrected chi connectivity index (χ3v) is 2.89. The van der Waals surface area contributed by atoms with Crippen LogP contribution in [0.3, 0.4) is 0 Å². The summed E-state index contributed by atoms with van der Waals surface area (Å²) in [6.07, 6.45) is 0. The van der Waals surface area contributed by atoms with E-state index < -0.39 is 0 Å².